The molecule has 1 aliphatic rings. The Morgan fingerprint density at radius 2 is 1.93 bits per heavy atom. The van der Waals surface area contributed by atoms with Crippen LogP contribution in [0.15, 0.2) is 17.1 Å². The van der Waals surface area contributed by atoms with Crippen molar-refractivity contribution < 1.29 is 36.2 Å². The molecule has 0 radical (unpaired) electrons. The fourth-order valence-electron chi connectivity index (χ4n) is 2.55. The van der Waals surface area contributed by atoms with Gasteiger partial charge in [-0.1, -0.05) is 0 Å². The van der Waals surface area contributed by atoms with Crippen molar-refractivity contribution in [2.45, 2.75) is 26.3 Å². The average molecular weight is 426 g/mol. The standard InChI is InChI=1S/C17H23F5N4O3/c1-3-23-16(24-4-5-26(2)9-17(20,21)22)25-8-11-6-13-14(28-10-27-13)7-12(11)29-15(18)19/h6-7,15H,3-5,8-10H2,1-2H3,(H2,23,24,25). The molecule has 0 spiro atoms. The summed E-state index contributed by atoms with van der Waals surface area (Å²) in [6, 6.07) is 2.82. The lowest BCUT2D eigenvalue weighted by atomic mass is 10.1. The Kier molecular flexibility index (Phi) is 8.11. The van der Waals surface area contributed by atoms with Crippen LogP contribution in [-0.2, 0) is 6.54 Å². The minimum atomic E-state index is -4.27. The number of ether oxygens (including phenoxy) is 3. The first-order chi connectivity index (χ1) is 13.7. The highest BCUT2D eigenvalue weighted by molar-refractivity contribution is 5.79. The highest BCUT2D eigenvalue weighted by Crippen LogP contribution is 2.39. The summed E-state index contributed by atoms with van der Waals surface area (Å²) in [5.74, 6) is 0.928. The fourth-order valence-corrected chi connectivity index (χ4v) is 2.55. The Labute approximate surface area is 164 Å². The molecule has 1 heterocycles. The number of nitrogens with one attached hydrogen (secondary N) is 2. The van der Waals surface area contributed by atoms with Crippen molar-refractivity contribution in [3.63, 3.8) is 0 Å². The van der Waals surface area contributed by atoms with Gasteiger partial charge < -0.3 is 24.8 Å². The molecule has 164 valence electrons. The predicted molar refractivity (Wildman–Crippen MR) is 95.6 cm³/mol. The molecule has 0 unspecified atom stereocenters. The number of hydrogen-bond acceptors (Lipinski definition) is 5. The van der Waals surface area contributed by atoms with Crippen molar-refractivity contribution in [1.29, 1.82) is 0 Å². The van der Waals surface area contributed by atoms with Gasteiger partial charge in [0, 0.05) is 31.3 Å². The molecule has 0 amide bonds. The number of benzene rings is 1. The van der Waals surface area contributed by atoms with E-state index in [1.807, 2.05) is 6.92 Å². The molecule has 1 aromatic carbocycles. The lowest BCUT2D eigenvalue weighted by molar-refractivity contribution is -0.142. The van der Waals surface area contributed by atoms with Crippen LogP contribution in [-0.4, -0.2) is 63.7 Å². The van der Waals surface area contributed by atoms with Gasteiger partial charge in [-0.3, -0.25) is 4.90 Å². The van der Waals surface area contributed by atoms with E-state index in [1.165, 1.54) is 19.2 Å². The van der Waals surface area contributed by atoms with Gasteiger partial charge in [0.15, 0.2) is 17.5 Å². The van der Waals surface area contributed by atoms with Crippen molar-refractivity contribution in [2.24, 2.45) is 4.99 Å². The third-order valence-electron chi connectivity index (χ3n) is 3.76. The second-order valence-electron chi connectivity index (χ2n) is 6.17. The predicted octanol–water partition coefficient (Wildman–Crippen LogP) is 2.57. The van der Waals surface area contributed by atoms with Crippen molar-refractivity contribution >= 4 is 5.96 Å². The van der Waals surface area contributed by atoms with Gasteiger partial charge >= 0.3 is 12.8 Å². The number of alkyl halides is 5. The van der Waals surface area contributed by atoms with Gasteiger partial charge in [0.05, 0.1) is 13.1 Å². The van der Waals surface area contributed by atoms with Gasteiger partial charge in [0.25, 0.3) is 0 Å². The molecule has 0 saturated heterocycles. The van der Waals surface area contributed by atoms with E-state index in [0.717, 1.165) is 4.90 Å². The van der Waals surface area contributed by atoms with Gasteiger partial charge in [-0.2, -0.15) is 22.0 Å². The lowest BCUT2D eigenvalue weighted by Crippen LogP contribution is -2.42. The third kappa shape index (κ3) is 7.80. The second-order valence-corrected chi connectivity index (χ2v) is 6.17. The number of aliphatic imine (C=N–C) groups is 1. The van der Waals surface area contributed by atoms with Crippen molar-refractivity contribution in [3.05, 3.63) is 17.7 Å². The molecule has 12 heteroatoms. The summed E-state index contributed by atoms with van der Waals surface area (Å²) < 4.78 is 77.4. The largest absolute Gasteiger partial charge is 0.454 e. The van der Waals surface area contributed by atoms with E-state index in [2.05, 4.69) is 20.4 Å². The molecule has 0 aliphatic carbocycles. The van der Waals surface area contributed by atoms with E-state index in [0.29, 0.717) is 29.6 Å². The SMILES string of the molecule is CCNC(=NCc1cc2c(cc1OC(F)F)OCO2)NCCN(C)CC(F)(F)F. The monoisotopic (exact) mass is 426 g/mol. The van der Waals surface area contributed by atoms with Gasteiger partial charge in [-0.05, 0) is 20.0 Å². The quantitative estimate of drug-likeness (QED) is 0.360. The number of nitrogens with zero attached hydrogens (tertiary/aromatic N) is 2. The normalized spacial score (nSPS) is 13.9. The number of likely N-dealkylation sites (N-methyl/N-ethyl adjacent to an activating group) is 1. The summed E-state index contributed by atoms with van der Waals surface area (Å²) in [6.45, 7) is -1.42. The summed E-state index contributed by atoms with van der Waals surface area (Å²) in [4.78, 5) is 5.41. The third-order valence-corrected chi connectivity index (χ3v) is 3.76. The fraction of sp³-hybridized carbons (Fsp3) is 0.588. The molecule has 2 N–H and O–H groups in total. The van der Waals surface area contributed by atoms with Crippen LogP contribution >= 0.6 is 0 Å². The van der Waals surface area contributed by atoms with E-state index in [9.17, 15) is 22.0 Å². The van der Waals surface area contributed by atoms with Crippen molar-refractivity contribution in [3.8, 4) is 17.2 Å². The molecule has 0 atom stereocenters. The Morgan fingerprint density at radius 1 is 1.24 bits per heavy atom. The minimum absolute atomic E-state index is 0.0214. The van der Waals surface area contributed by atoms with E-state index >= 15 is 0 Å². The topological polar surface area (TPSA) is 67.4 Å². The van der Waals surface area contributed by atoms with Gasteiger partial charge in [0.1, 0.15) is 5.75 Å². The molecule has 2 rings (SSSR count). The Hall–Kier alpha value is -2.50. The second kappa shape index (κ2) is 10.3. The van der Waals surface area contributed by atoms with E-state index in [4.69, 9.17) is 9.47 Å². The number of guanidine groups is 1. The number of hydrogen-bond donors (Lipinski definition) is 2. The summed E-state index contributed by atoms with van der Waals surface area (Å²) in [5, 5.41) is 5.85. The van der Waals surface area contributed by atoms with Crippen LogP contribution in [0.1, 0.15) is 12.5 Å². The molecule has 0 bridgehead atoms. The van der Waals surface area contributed by atoms with Crippen LogP contribution in [0.2, 0.25) is 0 Å². The first kappa shape index (κ1) is 22.8. The zero-order valence-corrected chi connectivity index (χ0v) is 16.0. The van der Waals surface area contributed by atoms with Crippen LogP contribution < -0.4 is 24.8 Å². The molecule has 1 aliphatic heterocycles. The number of rotatable bonds is 9. The van der Waals surface area contributed by atoms with Gasteiger partial charge in [-0.15, -0.1) is 0 Å². The average Bonchev–Trinajstić information content (AvgIpc) is 3.04. The first-order valence-electron chi connectivity index (χ1n) is 8.82. The Balaban J connectivity index is 2.02. The number of fused-ring (bicyclic) bond motifs is 1. The first-order valence-corrected chi connectivity index (χ1v) is 8.82. The summed E-state index contributed by atoms with van der Waals surface area (Å²) in [5.41, 5.74) is 0.348. The van der Waals surface area contributed by atoms with E-state index in [1.54, 1.807) is 0 Å². The van der Waals surface area contributed by atoms with Crippen molar-refractivity contribution in [2.75, 3.05) is 40.0 Å². The maximum atomic E-state index is 12.7. The maximum Gasteiger partial charge on any atom is 0.401 e. The molecule has 0 aromatic heterocycles. The molecule has 7 nitrogen and oxygen atoms in total. The van der Waals surface area contributed by atoms with Crippen molar-refractivity contribution in [1.82, 2.24) is 15.5 Å². The maximum absolute atomic E-state index is 12.7. The van der Waals surface area contributed by atoms with E-state index in [-0.39, 0.29) is 32.2 Å². The van der Waals surface area contributed by atoms with Crippen LogP contribution in [0.3, 0.4) is 0 Å². The molecule has 0 saturated carbocycles. The van der Waals surface area contributed by atoms with Gasteiger partial charge in [0.2, 0.25) is 6.79 Å². The van der Waals surface area contributed by atoms with E-state index < -0.39 is 19.3 Å². The molecule has 0 fully saturated rings. The van der Waals surface area contributed by atoms with Gasteiger partial charge in [-0.25, -0.2) is 4.99 Å². The Bertz CT molecular complexity index is 700. The molecular formula is C17H23F5N4O3. The smallest absolute Gasteiger partial charge is 0.401 e. The molecular weight excluding hydrogens is 403 g/mol. The minimum Gasteiger partial charge on any atom is -0.454 e. The zero-order chi connectivity index (χ0) is 21.4. The highest BCUT2D eigenvalue weighted by atomic mass is 19.4. The summed E-state index contributed by atoms with van der Waals surface area (Å²) >= 11 is 0. The highest BCUT2D eigenvalue weighted by Gasteiger charge is 2.28. The zero-order valence-electron chi connectivity index (χ0n) is 16.0. The molecule has 29 heavy (non-hydrogen) atoms. The van der Waals surface area contributed by atoms with Crippen LogP contribution in [0, 0.1) is 0 Å². The van der Waals surface area contributed by atoms with Crippen LogP contribution in [0.25, 0.3) is 0 Å². The molecule has 1 aromatic rings. The Morgan fingerprint density at radius 3 is 2.55 bits per heavy atom. The van der Waals surface area contributed by atoms with Crippen LogP contribution in [0.5, 0.6) is 17.2 Å². The number of halogens is 5. The van der Waals surface area contributed by atoms with Crippen LogP contribution in [0.4, 0.5) is 22.0 Å². The lowest BCUT2D eigenvalue weighted by Gasteiger charge is -2.19. The summed E-state index contributed by atoms with van der Waals surface area (Å²) in [7, 11) is 1.36. The summed E-state index contributed by atoms with van der Waals surface area (Å²) in [6.07, 6.45) is -4.27.